The van der Waals surface area contributed by atoms with E-state index in [-0.39, 0.29) is 18.3 Å². The molecule has 0 aliphatic carbocycles. The van der Waals surface area contributed by atoms with Crippen LogP contribution in [0.3, 0.4) is 0 Å². The summed E-state index contributed by atoms with van der Waals surface area (Å²) in [5.74, 6) is -0.105. The molecule has 0 unspecified atom stereocenters. The van der Waals surface area contributed by atoms with Crippen LogP contribution in [-0.2, 0) is 20.7 Å². The van der Waals surface area contributed by atoms with E-state index in [0.717, 1.165) is 11.3 Å². The molecule has 0 saturated heterocycles. The number of rotatable bonds is 6. The van der Waals surface area contributed by atoms with Gasteiger partial charge in [0.25, 0.3) is 0 Å². The number of esters is 1. The van der Waals surface area contributed by atoms with Crippen molar-refractivity contribution >= 4 is 28.5 Å². The molecule has 0 aliphatic heterocycles. The van der Waals surface area contributed by atoms with Gasteiger partial charge in [-0.3, -0.25) is 10.1 Å². The monoisotopic (exact) mass is 287 g/mol. The van der Waals surface area contributed by atoms with Gasteiger partial charge in [0, 0.05) is 0 Å². The van der Waals surface area contributed by atoms with Crippen LogP contribution in [0.25, 0.3) is 0 Å². The first-order chi connectivity index (χ1) is 9.01. The molecule has 106 valence electrons. The molecule has 1 heterocycles. The highest BCUT2D eigenvalue weighted by Gasteiger charge is 2.12. The molecule has 1 aromatic heterocycles. The Morgan fingerprint density at radius 1 is 1.32 bits per heavy atom. The van der Waals surface area contributed by atoms with Gasteiger partial charge in [-0.25, -0.2) is 4.79 Å². The average molecular weight is 287 g/mol. The van der Waals surface area contributed by atoms with E-state index in [1.807, 2.05) is 13.8 Å². The SMILES string of the molecule is CCOC(=O)Cc1nnc(NC(=O)OCC(C)C)s1. The number of nitrogens with one attached hydrogen (secondary N) is 1. The summed E-state index contributed by atoms with van der Waals surface area (Å²) in [6.07, 6.45) is -0.527. The third-order valence-corrected chi connectivity index (χ3v) is 2.66. The number of hydrogen-bond acceptors (Lipinski definition) is 7. The van der Waals surface area contributed by atoms with Gasteiger partial charge in [-0.1, -0.05) is 25.2 Å². The molecule has 0 spiro atoms. The number of amides is 1. The summed E-state index contributed by atoms with van der Waals surface area (Å²) in [5, 5.41) is 10.8. The summed E-state index contributed by atoms with van der Waals surface area (Å²) >= 11 is 1.11. The van der Waals surface area contributed by atoms with E-state index in [9.17, 15) is 9.59 Å². The Morgan fingerprint density at radius 2 is 2.05 bits per heavy atom. The smallest absolute Gasteiger partial charge is 0.413 e. The van der Waals surface area contributed by atoms with Crippen molar-refractivity contribution in [2.75, 3.05) is 18.5 Å². The van der Waals surface area contributed by atoms with Gasteiger partial charge >= 0.3 is 12.1 Å². The zero-order chi connectivity index (χ0) is 14.3. The fourth-order valence-electron chi connectivity index (χ4n) is 1.08. The maximum atomic E-state index is 11.4. The highest BCUT2D eigenvalue weighted by Crippen LogP contribution is 2.16. The third kappa shape index (κ3) is 6.14. The molecule has 8 heteroatoms. The van der Waals surface area contributed by atoms with E-state index in [1.54, 1.807) is 6.92 Å². The quantitative estimate of drug-likeness (QED) is 0.803. The molecule has 0 aliphatic rings. The molecule has 0 atom stereocenters. The first-order valence-electron chi connectivity index (χ1n) is 5.93. The molecule has 0 bridgehead atoms. The lowest BCUT2D eigenvalue weighted by Gasteiger charge is -2.06. The van der Waals surface area contributed by atoms with Gasteiger partial charge in [-0.15, -0.1) is 10.2 Å². The van der Waals surface area contributed by atoms with E-state index >= 15 is 0 Å². The Balaban J connectivity index is 2.42. The lowest BCUT2D eigenvalue weighted by Crippen LogP contribution is -2.16. The van der Waals surface area contributed by atoms with Crippen molar-refractivity contribution in [1.82, 2.24) is 10.2 Å². The molecule has 7 nitrogen and oxygen atoms in total. The van der Waals surface area contributed by atoms with Crippen LogP contribution in [0.1, 0.15) is 25.8 Å². The summed E-state index contributed by atoms with van der Waals surface area (Å²) in [5.41, 5.74) is 0. The fraction of sp³-hybridized carbons (Fsp3) is 0.636. The maximum absolute atomic E-state index is 11.4. The second-order valence-corrected chi connectivity index (χ2v) is 5.16. The second-order valence-electron chi connectivity index (χ2n) is 4.10. The number of hydrogen-bond donors (Lipinski definition) is 1. The van der Waals surface area contributed by atoms with Crippen molar-refractivity contribution in [2.45, 2.75) is 27.2 Å². The predicted octanol–water partition coefficient (Wildman–Crippen LogP) is 1.85. The largest absolute Gasteiger partial charge is 0.466 e. The molecular weight excluding hydrogens is 270 g/mol. The van der Waals surface area contributed by atoms with E-state index in [1.165, 1.54) is 0 Å². The van der Waals surface area contributed by atoms with E-state index in [4.69, 9.17) is 9.47 Å². The van der Waals surface area contributed by atoms with Crippen molar-refractivity contribution in [1.29, 1.82) is 0 Å². The lowest BCUT2D eigenvalue weighted by molar-refractivity contribution is -0.142. The predicted molar refractivity (Wildman–Crippen MR) is 70.1 cm³/mol. The number of carbonyl (C=O) groups is 2. The zero-order valence-electron chi connectivity index (χ0n) is 11.1. The number of ether oxygens (including phenoxy) is 2. The van der Waals surface area contributed by atoms with E-state index in [0.29, 0.717) is 23.4 Å². The Kier molecular flexibility index (Phi) is 6.20. The van der Waals surface area contributed by atoms with Crippen LogP contribution < -0.4 is 5.32 Å². The summed E-state index contributed by atoms with van der Waals surface area (Å²) < 4.78 is 9.72. The normalized spacial score (nSPS) is 10.3. The zero-order valence-corrected chi connectivity index (χ0v) is 12.0. The van der Waals surface area contributed by atoms with E-state index in [2.05, 4.69) is 15.5 Å². The number of aromatic nitrogens is 2. The summed E-state index contributed by atoms with van der Waals surface area (Å²) in [7, 11) is 0. The first-order valence-corrected chi connectivity index (χ1v) is 6.74. The van der Waals surface area contributed by atoms with Crippen LogP contribution in [0.4, 0.5) is 9.93 Å². The summed E-state index contributed by atoms with van der Waals surface area (Å²) in [4.78, 5) is 22.6. The number of anilines is 1. The molecule has 0 saturated carbocycles. The highest BCUT2D eigenvalue weighted by molar-refractivity contribution is 7.15. The highest BCUT2D eigenvalue weighted by atomic mass is 32.1. The molecule has 1 N–H and O–H groups in total. The van der Waals surface area contributed by atoms with Crippen molar-refractivity contribution in [3.63, 3.8) is 0 Å². The Labute approximate surface area is 115 Å². The molecule has 1 amide bonds. The lowest BCUT2D eigenvalue weighted by atomic mass is 10.2. The average Bonchev–Trinajstić information content (AvgIpc) is 2.74. The van der Waals surface area contributed by atoms with Gasteiger partial charge in [-0.05, 0) is 12.8 Å². The van der Waals surface area contributed by atoms with Crippen LogP contribution >= 0.6 is 11.3 Å². The van der Waals surface area contributed by atoms with Crippen LogP contribution in [0.5, 0.6) is 0 Å². The molecule has 0 radical (unpaired) electrons. The first kappa shape index (κ1) is 15.4. The van der Waals surface area contributed by atoms with Gasteiger partial charge in [0.15, 0.2) is 0 Å². The van der Waals surface area contributed by atoms with Crippen LogP contribution in [0.2, 0.25) is 0 Å². The summed E-state index contributed by atoms with van der Waals surface area (Å²) in [6.45, 7) is 6.27. The van der Waals surface area contributed by atoms with Crippen LogP contribution in [0.15, 0.2) is 0 Å². The minimum atomic E-state index is -0.576. The molecular formula is C11H17N3O4S. The van der Waals surface area contributed by atoms with Crippen LogP contribution in [-0.4, -0.2) is 35.5 Å². The third-order valence-electron chi connectivity index (χ3n) is 1.82. The number of carbonyl (C=O) groups excluding carboxylic acids is 2. The van der Waals surface area contributed by atoms with E-state index < -0.39 is 6.09 Å². The van der Waals surface area contributed by atoms with Crippen molar-refractivity contribution < 1.29 is 19.1 Å². The van der Waals surface area contributed by atoms with Gasteiger partial charge in [0.05, 0.1) is 19.6 Å². The molecule has 19 heavy (non-hydrogen) atoms. The van der Waals surface area contributed by atoms with Crippen molar-refractivity contribution in [3.8, 4) is 0 Å². The minimum absolute atomic E-state index is 0.0498. The van der Waals surface area contributed by atoms with Crippen molar-refractivity contribution in [2.24, 2.45) is 5.92 Å². The molecule has 0 fully saturated rings. The molecule has 0 aromatic carbocycles. The Bertz CT molecular complexity index is 433. The minimum Gasteiger partial charge on any atom is -0.466 e. The Morgan fingerprint density at radius 3 is 2.68 bits per heavy atom. The molecule has 1 aromatic rings. The maximum Gasteiger partial charge on any atom is 0.413 e. The summed E-state index contributed by atoms with van der Waals surface area (Å²) in [6, 6.07) is 0. The standard InChI is InChI=1S/C11H17N3O4S/c1-4-17-9(15)5-8-13-14-10(19-8)12-11(16)18-6-7(2)3/h7H,4-6H2,1-3H3,(H,12,14,16). The number of nitrogens with zero attached hydrogens (tertiary/aromatic N) is 2. The molecule has 1 rings (SSSR count). The van der Waals surface area contributed by atoms with Gasteiger partial charge < -0.3 is 9.47 Å². The Hall–Kier alpha value is -1.70. The van der Waals surface area contributed by atoms with Gasteiger partial charge in [0.1, 0.15) is 5.01 Å². The van der Waals surface area contributed by atoms with Gasteiger partial charge in [0.2, 0.25) is 5.13 Å². The topological polar surface area (TPSA) is 90.4 Å². The fourth-order valence-corrected chi connectivity index (χ4v) is 1.79. The second kappa shape index (κ2) is 7.67. The van der Waals surface area contributed by atoms with Crippen LogP contribution in [0, 0.1) is 5.92 Å². The van der Waals surface area contributed by atoms with Crippen molar-refractivity contribution in [3.05, 3.63) is 5.01 Å². The van der Waals surface area contributed by atoms with Gasteiger partial charge in [-0.2, -0.15) is 0 Å².